The minimum Gasteiger partial charge on any atom is -0.508 e. The fourth-order valence-electron chi connectivity index (χ4n) is 10.6. The smallest absolute Gasteiger partial charge is 0.313 e. The van der Waals surface area contributed by atoms with Crippen LogP contribution in [0.4, 0.5) is 0 Å². The zero-order chi connectivity index (χ0) is 66.5. The lowest BCUT2D eigenvalue weighted by Gasteiger charge is -2.40. The molecule has 2 aliphatic rings. The summed E-state index contributed by atoms with van der Waals surface area (Å²) in [6, 6.07) is 38.4. The number of aryl methyl sites for hydroxylation is 1. The third-order valence-electron chi connectivity index (χ3n) is 15.9. The van der Waals surface area contributed by atoms with Gasteiger partial charge in [0.05, 0.1) is 21.6 Å². The van der Waals surface area contributed by atoms with E-state index in [2.05, 4.69) is 92.7 Å². The van der Waals surface area contributed by atoms with E-state index in [4.69, 9.17) is 9.47 Å². The molecule has 6 heterocycles. The molecule has 2 saturated heterocycles. The number of amides is 2. The highest BCUT2D eigenvalue weighted by atomic mass is 32.1. The Hall–Kier alpha value is -8.54. The molecule has 0 aliphatic carbocycles. The van der Waals surface area contributed by atoms with Gasteiger partial charge in [-0.25, -0.2) is 19.9 Å². The average molecular weight is 1280 g/mol. The molecule has 2 amide bonds. The van der Waals surface area contributed by atoms with E-state index in [1.807, 2.05) is 139 Å². The molecule has 10 rings (SSSR count). The number of carbonyl (C=O) groups is 6. The lowest BCUT2D eigenvalue weighted by Crippen LogP contribution is -2.56. The largest absolute Gasteiger partial charge is 0.508 e. The Bertz CT molecular complexity index is 3640. The molecule has 480 valence electrons. The van der Waals surface area contributed by atoms with Crippen molar-refractivity contribution in [2.75, 3.05) is 26.2 Å². The van der Waals surface area contributed by atoms with Gasteiger partial charge in [-0.15, -0.1) is 22.7 Å². The Morgan fingerprint density at radius 1 is 0.457 bits per heavy atom. The van der Waals surface area contributed by atoms with Crippen molar-refractivity contribution in [1.29, 1.82) is 0 Å². The summed E-state index contributed by atoms with van der Waals surface area (Å²) in [6.45, 7) is 27.0. The number of phenolic OH excluding ortho intramolecular Hbond substituents is 1. The summed E-state index contributed by atoms with van der Waals surface area (Å²) in [5.74, 6) is -1.36. The maximum atomic E-state index is 13.8. The average Bonchev–Trinajstić information content (AvgIpc) is 1.32. The number of hydrogen-bond acceptors (Lipinski definition) is 15. The molecule has 0 unspecified atom stereocenters. The number of likely N-dealkylation sites (tertiary alicyclic amines) is 2. The number of ether oxygens (including phenoxy) is 2. The highest BCUT2D eigenvalue weighted by molar-refractivity contribution is 7.14. The molecule has 0 saturated carbocycles. The van der Waals surface area contributed by atoms with Crippen molar-refractivity contribution in [2.45, 2.75) is 138 Å². The fourth-order valence-corrected chi connectivity index (χ4v) is 12.7. The highest BCUT2D eigenvalue weighted by Gasteiger charge is 2.43. The Morgan fingerprint density at radius 3 is 1.10 bits per heavy atom. The van der Waals surface area contributed by atoms with Crippen molar-refractivity contribution in [3.8, 4) is 50.8 Å². The van der Waals surface area contributed by atoms with Crippen LogP contribution in [0, 0.1) is 30.6 Å². The van der Waals surface area contributed by atoms with Crippen molar-refractivity contribution in [2.24, 2.45) is 23.7 Å². The van der Waals surface area contributed by atoms with Gasteiger partial charge in [0, 0.05) is 108 Å². The van der Waals surface area contributed by atoms with Gasteiger partial charge in [-0.3, -0.25) is 28.8 Å². The number of hydrogen-bond donors (Lipinski definition) is 1. The van der Waals surface area contributed by atoms with Gasteiger partial charge in [0.2, 0.25) is 11.8 Å². The van der Waals surface area contributed by atoms with Crippen molar-refractivity contribution < 1.29 is 43.3 Å². The predicted octanol–water partition coefficient (Wildman–Crippen LogP) is 14.8. The van der Waals surface area contributed by atoms with E-state index in [-0.39, 0.29) is 76.6 Å². The van der Waals surface area contributed by atoms with Crippen LogP contribution in [0.15, 0.2) is 146 Å². The van der Waals surface area contributed by atoms with Crippen LogP contribution < -0.4 is 0 Å². The van der Waals surface area contributed by atoms with Gasteiger partial charge in [-0.2, -0.15) is 0 Å². The van der Waals surface area contributed by atoms with Crippen LogP contribution >= 0.6 is 22.7 Å². The molecule has 2 atom stereocenters. The highest BCUT2D eigenvalue weighted by Crippen LogP contribution is 2.35. The van der Waals surface area contributed by atoms with Crippen LogP contribution in [0.2, 0.25) is 0 Å². The molecule has 1 N–H and O–H groups in total. The predicted molar refractivity (Wildman–Crippen MR) is 362 cm³/mol. The van der Waals surface area contributed by atoms with E-state index in [1.54, 1.807) is 34.3 Å². The lowest BCUT2D eigenvalue weighted by atomic mass is 9.89. The van der Waals surface area contributed by atoms with Crippen LogP contribution in [0.5, 0.6) is 5.75 Å². The summed E-state index contributed by atoms with van der Waals surface area (Å²) in [5, 5.41) is 9.55. The number of benzene rings is 4. The van der Waals surface area contributed by atoms with E-state index < -0.39 is 23.0 Å². The first-order valence-electron chi connectivity index (χ1n) is 31.3. The number of ketones is 2. The molecule has 0 radical (unpaired) electrons. The third-order valence-corrected chi connectivity index (χ3v) is 19.1. The fraction of sp³-hybridized carbons (Fsp3) is 0.387. The van der Waals surface area contributed by atoms with Crippen molar-refractivity contribution >= 4 is 58.0 Å². The molecule has 8 aromatic rings. The zero-order valence-corrected chi connectivity index (χ0v) is 56.7. The summed E-state index contributed by atoms with van der Waals surface area (Å²) >= 11 is 2.98. The Balaban J connectivity index is 0.000000217. The van der Waals surface area contributed by atoms with E-state index >= 15 is 0 Å². The Morgan fingerprint density at radius 2 is 0.783 bits per heavy atom. The molecular weight excluding hydrogens is 1190 g/mol. The van der Waals surface area contributed by atoms with Gasteiger partial charge >= 0.3 is 11.9 Å². The molecular formula is C75H84N6O9S2. The van der Waals surface area contributed by atoms with Gasteiger partial charge in [-0.05, 0) is 131 Å². The number of phenols is 1. The normalized spacial score (nSPS) is 14.4. The number of rotatable bonds is 18. The SMILES string of the molecule is CC(C)(C)OC(=O)C1CN(C(=O)[C@@H](CC(=O)c2ccc(C(C)(C)C)s2)Cc2ccc(-c3ncc(-c4ccc(O)cc4)cn3)cc2)C1.Cc1ccc(-c2cnc(-c3ccc(C[C@H](CC(=O)c4ccc(C(C)(C)C)s4)C(=O)N4CC(C(=O)OC(C)(C)C)C4)cc3)nc2)cc1. The number of esters is 2. The summed E-state index contributed by atoms with van der Waals surface area (Å²) < 4.78 is 11.0. The minimum absolute atomic E-state index is 0.0400. The molecule has 15 nitrogen and oxygen atoms in total. The molecule has 2 aliphatic heterocycles. The summed E-state index contributed by atoms with van der Waals surface area (Å²) in [6.07, 6.45) is 8.12. The van der Waals surface area contributed by atoms with Gasteiger partial charge < -0.3 is 24.4 Å². The lowest BCUT2D eigenvalue weighted by molar-refractivity contribution is -0.170. The molecule has 4 aromatic heterocycles. The minimum atomic E-state index is -0.588. The molecule has 2 fully saturated rings. The Kier molecular flexibility index (Phi) is 20.7. The maximum absolute atomic E-state index is 13.8. The summed E-state index contributed by atoms with van der Waals surface area (Å²) in [7, 11) is 0. The molecule has 4 aromatic carbocycles. The number of aromatic nitrogens is 4. The second-order valence-corrected chi connectivity index (χ2v) is 30.4. The molecule has 0 bridgehead atoms. The third kappa shape index (κ3) is 17.9. The number of Topliss-reactive ketones (excluding diaryl/α,β-unsaturated/α-hetero) is 2. The van der Waals surface area contributed by atoms with E-state index in [9.17, 15) is 33.9 Å². The summed E-state index contributed by atoms with van der Waals surface area (Å²) in [5.41, 5.74) is 7.23. The second kappa shape index (κ2) is 28.1. The molecule has 92 heavy (non-hydrogen) atoms. The first kappa shape index (κ1) is 67.8. The van der Waals surface area contributed by atoms with Crippen LogP contribution in [0.25, 0.3) is 45.0 Å². The number of carbonyl (C=O) groups excluding carboxylic acids is 6. The summed E-state index contributed by atoms with van der Waals surface area (Å²) in [4.78, 5) is 105. The first-order valence-corrected chi connectivity index (χ1v) is 33.0. The van der Waals surface area contributed by atoms with Crippen LogP contribution in [-0.2, 0) is 52.3 Å². The topological polar surface area (TPSA) is 199 Å². The molecule has 17 heteroatoms. The maximum Gasteiger partial charge on any atom is 0.313 e. The van der Waals surface area contributed by atoms with Gasteiger partial charge in [0.1, 0.15) is 17.0 Å². The number of nitrogens with zero attached hydrogens (tertiary/aromatic N) is 6. The number of thiophene rings is 2. The van der Waals surface area contributed by atoms with Crippen LogP contribution in [0.1, 0.15) is 142 Å². The van der Waals surface area contributed by atoms with Gasteiger partial charge in [-0.1, -0.05) is 132 Å². The van der Waals surface area contributed by atoms with Crippen LogP contribution in [-0.4, -0.2) is 108 Å². The monoisotopic (exact) mass is 1280 g/mol. The standard InChI is InChI=1S/C38H43N3O4S.C37H41N3O5S/c1-24-8-12-26(13-9-24)29-20-39-34(40-21-29)27-14-10-25(11-15-27)18-28(19-31(42)32-16-17-33(46-32)37(2,3)4)35(43)41-22-30(23-41)36(44)45-38(5,6)7;1-36(2,3)32-16-15-31(46-32)30(42)18-26(34(43)40-21-28(22-40)35(44)45-37(4,5)6)17-23-7-9-25(10-8-23)33-38-19-27(20-39-33)24-11-13-29(41)14-12-24/h8-17,20-21,28,30H,18-19,22-23H2,1-7H3;7-16,19-20,26,28,41H,17-18,21-22H2,1-6H3/t28-;26-/m11/s1. The van der Waals surface area contributed by atoms with E-state index in [0.29, 0.717) is 60.4 Å². The first-order chi connectivity index (χ1) is 43.3. The Labute approximate surface area is 548 Å². The van der Waals surface area contributed by atoms with Crippen molar-refractivity contribution in [1.82, 2.24) is 29.7 Å². The van der Waals surface area contributed by atoms with Crippen LogP contribution in [0.3, 0.4) is 0 Å². The second-order valence-electron chi connectivity index (χ2n) is 28.2. The number of aromatic hydroxyl groups is 1. The zero-order valence-electron chi connectivity index (χ0n) is 55.0. The van der Waals surface area contributed by atoms with Crippen molar-refractivity contribution in [3.05, 3.63) is 182 Å². The van der Waals surface area contributed by atoms with E-state index in [1.165, 1.54) is 28.2 Å². The van der Waals surface area contributed by atoms with Gasteiger partial charge in [0.25, 0.3) is 0 Å². The van der Waals surface area contributed by atoms with E-state index in [0.717, 1.165) is 54.3 Å². The molecule has 0 spiro atoms. The van der Waals surface area contributed by atoms with Gasteiger partial charge in [0.15, 0.2) is 23.2 Å². The quantitative estimate of drug-likeness (QED) is 0.0629. The van der Waals surface area contributed by atoms with Crippen molar-refractivity contribution in [3.63, 3.8) is 0 Å².